The molecule has 0 aliphatic heterocycles. The van der Waals surface area contributed by atoms with Gasteiger partial charge in [-0.25, -0.2) is 12.8 Å². The highest BCUT2D eigenvalue weighted by atomic mass is 32.2. The second-order valence-electron chi connectivity index (χ2n) is 4.91. The highest BCUT2D eigenvalue weighted by molar-refractivity contribution is 7.90. The van der Waals surface area contributed by atoms with Crippen molar-refractivity contribution in [3.05, 3.63) is 35.4 Å². The first-order chi connectivity index (χ1) is 10.4. The van der Waals surface area contributed by atoms with E-state index in [1.165, 1.54) is 19.2 Å². The van der Waals surface area contributed by atoms with Crippen molar-refractivity contribution in [2.75, 3.05) is 7.11 Å². The van der Waals surface area contributed by atoms with Crippen molar-refractivity contribution in [2.45, 2.75) is 37.7 Å². The lowest BCUT2D eigenvalue weighted by molar-refractivity contribution is 0.386. The second-order valence-corrected chi connectivity index (χ2v) is 6.79. The molecule has 0 saturated heterocycles. The van der Waals surface area contributed by atoms with E-state index >= 15 is 0 Å². The van der Waals surface area contributed by atoms with E-state index in [-0.39, 0.29) is 16.7 Å². The lowest BCUT2D eigenvalue weighted by Gasteiger charge is -2.09. The second kappa shape index (κ2) is 6.43. The zero-order valence-electron chi connectivity index (χ0n) is 12.7. The SMILES string of the molecule is CCCn1c(C)nnc1S(=O)(=O)Cc1ccc(OC)c(F)c1. The van der Waals surface area contributed by atoms with Crippen LogP contribution in [0.1, 0.15) is 24.7 Å². The molecule has 8 heteroatoms. The summed E-state index contributed by atoms with van der Waals surface area (Å²) in [6, 6.07) is 4.08. The molecule has 2 aromatic rings. The Morgan fingerprint density at radius 2 is 2.05 bits per heavy atom. The van der Waals surface area contributed by atoms with Crippen LogP contribution in [0.3, 0.4) is 0 Å². The van der Waals surface area contributed by atoms with Crippen molar-refractivity contribution in [2.24, 2.45) is 0 Å². The summed E-state index contributed by atoms with van der Waals surface area (Å²) in [6.45, 7) is 4.16. The van der Waals surface area contributed by atoms with Gasteiger partial charge in [-0.15, -0.1) is 10.2 Å². The van der Waals surface area contributed by atoms with Gasteiger partial charge in [-0.2, -0.15) is 0 Å². The summed E-state index contributed by atoms with van der Waals surface area (Å²) in [5.74, 6) is -0.315. The molecule has 0 radical (unpaired) electrons. The number of aromatic nitrogens is 3. The number of nitrogens with zero attached hydrogens (tertiary/aromatic N) is 3. The van der Waals surface area contributed by atoms with Crippen LogP contribution in [0, 0.1) is 12.7 Å². The van der Waals surface area contributed by atoms with Gasteiger partial charge < -0.3 is 9.30 Å². The lowest BCUT2D eigenvalue weighted by Crippen LogP contribution is -2.14. The minimum atomic E-state index is -3.70. The smallest absolute Gasteiger partial charge is 0.250 e. The van der Waals surface area contributed by atoms with Crippen molar-refractivity contribution in [1.29, 1.82) is 0 Å². The van der Waals surface area contributed by atoms with Crippen molar-refractivity contribution in [3.8, 4) is 5.75 Å². The summed E-state index contributed by atoms with van der Waals surface area (Å²) in [5.41, 5.74) is 0.335. The van der Waals surface area contributed by atoms with Crippen molar-refractivity contribution in [3.63, 3.8) is 0 Å². The maximum absolute atomic E-state index is 13.7. The van der Waals surface area contributed by atoms with Gasteiger partial charge in [0, 0.05) is 6.54 Å². The van der Waals surface area contributed by atoms with Crippen LogP contribution in [0.25, 0.3) is 0 Å². The Morgan fingerprint density at radius 1 is 1.32 bits per heavy atom. The van der Waals surface area contributed by atoms with Gasteiger partial charge in [0.25, 0.3) is 0 Å². The third-order valence-corrected chi connectivity index (χ3v) is 4.77. The molecular formula is C14H18FN3O3S. The Hall–Kier alpha value is -1.96. The van der Waals surface area contributed by atoms with E-state index < -0.39 is 15.7 Å². The number of aryl methyl sites for hydroxylation is 1. The molecule has 22 heavy (non-hydrogen) atoms. The summed E-state index contributed by atoms with van der Waals surface area (Å²) in [6.07, 6.45) is 0.762. The predicted molar refractivity (Wildman–Crippen MR) is 78.9 cm³/mol. The summed E-state index contributed by atoms with van der Waals surface area (Å²) in [7, 11) is -2.35. The molecule has 0 atom stereocenters. The van der Waals surface area contributed by atoms with Gasteiger partial charge in [0.2, 0.25) is 15.0 Å². The van der Waals surface area contributed by atoms with E-state index in [0.717, 1.165) is 12.5 Å². The summed E-state index contributed by atoms with van der Waals surface area (Å²) >= 11 is 0. The Labute approximate surface area is 128 Å². The van der Waals surface area contributed by atoms with Crippen molar-refractivity contribution in [1.82, 2.24) is 14.8 Å². The molecule has 1 aromatic heterocycles. The highest BCUT2D eigenvalue weighted by Crippen LogP contribution is 2.21. The van der Waals surface area contributed by atoms with Crippen LogP contribution in [-0.4, -0.2) is 30.3 Å². The van der Waals surface area contributed by atoms with Gasteiger partial charge in [-0.1, -0.05) is 13.0 Å². The first-order valence-electron chi connectivity index (χ1n) is 6.84. The van der Waals surface area contributed by atoms with Gasteiger partial charge in [-0.3, -0.25) is 0 Å². The molecule has 6 nitrogen and oxygen atoms in total. The maximum Gasteiger partial charge on any atom is 0.250 e. The Kier molecular flexibility index (Phi) is 4.80. The van der Waals surface area contributed by atoms with Gasteiger partial charge in [0.15, 0.2) is 11.6 Å². The summed E-state index contributed by atoms with van der Waals surface area (Å²) in [4.78, 5) is 0. The molecule has 1 aromatic carbocycles. The number of halogens is 1. The molecule has 0 amide bonds. The predicted octanol–water partition coefficient (Wildman–Crippen LogP) is 2.12. The summed E-state index contributed by atoms with van der Waals surface area (Å²) in [5, 5.41) is 7.51. The largest absolute Gasteiger partial charge is 0.494 e. The normalized spacial score (nSPS) is 11.6. The quantitative estimate of drug-likeness (QED) is 0.812. The standard InChI is InChI=1S/C14H18FN3O3S/c1-4-7-18-10(2)16-17-14(18)22(19,20)9-11-5-6-13(21-3)12(15)8-11/h5-6,8H,4,7,9H2,1-3H3. The zero-order valence-corrected chi connectivity index (χ0v) is 13.5. The fourth-order valence-corrected chi connectivity index (χ4v) is 3.63. The van der Waals surface area contributed by atoms with E-state index in [9.17, 15) is 12.8 Å². The fourth-order valence-electron chi connectivity index (χ4n) is 2.16. The molecule has 0 unspecified atom stereocenters. The number of rotatable bonds is 6. The molecule has 0 N–H and O–H groups in total. The Balaban J connectivity index is 2.34. The fraction of sp³-hybridized carbons (Fsp3) is 0.429. The van der Waals surface area contributed by atoms with E-state index in [2.05, 4.69) is 10.2 Å². The number of sulfone groups is 1. The minimum Gasteiger partial charge on any atom is -0.494 e. The number of methoxy groups -OCH3 is 1. The van der Waals surface area contributed by atoms with Crippen molar-refractivity contribution >= 4 is 9.84 Å². The minimum absolute atomic E-state index is 0.0751. The first-order valence-corrected chi connectivity index (χ1v) is 8.49. The number of hydrogen-bond donors (Lipinski definition) is 0. The number of benzene rings is 1. The zero-order chi connectivity index (χ0) is 16.3. The Bertz CT molecular complexity index is 772. The van der Waals surface area contributed by atoms with Crippen LogP contribution < -0.4 is 4.74 Å². The molecule has 0 aliphatic rings. The average Bonchev–Trinajstić information content (AvgIpc) is 2.81. The average molecular weight is 327 g/mol. The molecule has 1 heterocycles. The molecule has 0 fully saturated rings. The van der Waals surface area contributed by atoms with Crippen LogP contribution in [0.15, 0.2) is 23.4 Å². The molecule has 0 aliphatic carbocycles. The van der Waals surface area contributed by atoms with Crippen LogP contribution in [-0.2, 0) is 22.1 Å². The van der Waals surface area contributed by atoms with Crippen LogP contribution >= 0.6 is 0 Å². The molecule has 120 valence electrons. The van der Waals surface area contributed by atoms with Gasteiger partial charge in [0.1, 0.15) is 5.82 Å². The molecule has 0 saturated carbocycles. The maximum atomic E-state index is 13.7. The van der Waals surface area contributed by atoms with Crippen LogP contribution in [0.2, 0.25) is 0 Å². The highest BCUT2D eigenvalue weighted by Gasteiger charge is 2.24. The van der Waals surface area contributed by atoms with E-state index in [1.807, 2.05) is 6.92 Å². The molecule has 2 rings (SSSR count). The lowest BCUT2D eigenvalue weighted by atomic mass is 10.2. The van der Waals surface area contributed by atoms with Gasteiger partial charge in [-0.05, 0) is 31.0 Å². The van der Waals surface area contributed by atoms with Gasteiger partial charge >= 0.3 is 0 Å². The van der Waals surface area contributed by atoms with E-state index in [1.54, 1.807) is 11.5 Å². The van der Waals surface area contributed by atoms with E-state index in [4.69, 9.17) is 4.74 Å². The number of ether oxygens (including phenoxy) is 1. The topological polar surface area (TPSA) is 74.1 Å². The molecule has 0 bridgehead atoms. The van der Waals surface area contributed by atoms with Crippen LogP contribution in [0.4, 0.5) is 4.39 Å². The first kappa shape index (κ1) is 16.4. The molecular weight excluding hydrogens is 309 g/mol. The monoisotopic (exact) mass is 327 g/mol. The molecule has 0 spiro atoms. The van der Waals surface area contributed by atoms with Crippen molar-refractivity contribution < 1.29 is 17.5 Å². The number of hydrogen-bond acceptors (Lipinski definition) is 5. The van der Waals surface area contributed by atoms with Gasteiger partial charge in [0.05, 0.1) is 12.9 Å². The summed E-state index contributed by atoms with van der Waals surface area (Å²) < 4.78 is 45.1. The van der Waals surface area contributed by atoms with Crippen LogP contribution in [0.5, 0.6) is 5.75 Å². The van der Waals surface area contributed by atoms with E-state index in [0.29, 0.717) is 17.9 Å². The Morgan fingerprint density at radius 3 is 2.64 bits per heavy atom. The third-order valence-electron chi connectivity index (χ3n) is 3.20. The third kappa shape index (κ3) is 3.27.